The van der Waals surface area contributed by atoms with Gasteiger partial charge in [-0.2, -0.15) is 0 Å². The van der Waals surface area contributed by atoms with Crippen LogP contribution >= 0.6 is 0 Å². The first-order valence-electron chi connectivity index (χ1n) is 5.06. The van der Waals surface area contributed by atoms with E-state index in [0.29, 0.717) is 0 Å². The van der Waals surface area contributed by atoms with Crippen molar-refractivity contribution in [1.29, 1.82) is 0 Å². The SMILES string of the molecule is O=C(CC[C@H](NCCO)C(=O)O)NCCO. The van der Waals surface area contributed by atoms with Crippen LogP contribution in [0.1, 0.15) is 12.8 Å². The van der Waals surface area contributed by atoms with E-state index in [1.165, 1.54) is 0 Å². The summed E-state index contributed by atoms with van der Waals surface area (Å²) < 4.78 is 0. The third-order valence-electron chi connectivity index (χ3n) is 1.89. The Hall–Kier alpha value is -1.18. The van der Waals surface area contributed by atoms with Crippen molar-refractivity contribution in [2.75, 3.05) is 26.3 Å². The molecule has 0 aromatic heterocycles. The van der Waals surface area contributed by atoms with Gasteiger partial charge >= 0.3 is 5.97 Å². The quantitative estimate of drug-likeness (QED) is 0.312. The summed E-state index contributed by atoms with van der Waals surface area (Å²) in [5.41, 5.74) is 0. The van der Waals surface area contributed by atoms with Crippen LogP contribution in [0.5, 0.6) is 0 Å². The number of aliphatic carboxylic acids is 1. The third kappa shape index (κ3) is 7.16. The number of amides is 1. The molecule has 0 fully saturated rings. The summed E-state index contributed by atoms with van der Waals surface area (Å²) in [5.74, 6) is -1.35. The third-order valence-corrected chi connectivity index (χ3v) is 1.89. The summed E-state index contributed by atoms with van der Waals surface area (Å²) in [6.45, 7) is 0.0488. The van der Waals surface area contributed by atoms with E-state index < -0.39 is 12.0 Å². The molecule has 0 rings (SSSR count). The number of hydrogen-bond acceptors (Lipinski definition) is 5. The Balaban J connectivity index is 3.82. The van der Waals surface area contributed by atoms with Crippen LogP contribution < -0.4 is 10.6 Å². The Kier molecular flexibility index (Phi) is 8.41. The Bertz CT molecular complexity index is 222. The number of carboxylic acids is 1. The van der Waals surface area contributed by atoms with E-state index in [0.717, 1.165) is 0 Å². The lowest BCUT2D eigenvalue weighted by molar-refractivity contribution is -0.139. The summed E-state index contributed by atoms with van der Waals surface area (Å²) in [7, 11) is 0. The predicted molar refractivity (Wildman–Crippen MR) is 55.8 cm³/mol. The molecule has 0 saturated carbocycles. The summed E-state index contributed by atoms with van der Waals surface area (Å²) in [5, 5.41) is 30.8. The van der Waals surface area contributed by atoms with Crippen LogP contribution in [0.15, 0.2) is 0 Å². The minimum Gasteiger partial charge on any atom is -0.480 e. The standard InChI is InChI=1S/C9H18N2O5/c12-5-3-10-7(9(15)16)1-2-8(14)11-4-6-13/h7,10,12-13H,1-6H2,(H,11,14)(H,15,16)/t7-/m0/s1. The van der Waals surface area contributed by atoms with Crippen LogP contribution in [0.3, 0.4) is 0 Å². The van der Waals surface area contributed by atoms with Gasteiger partial charge in [0.2, 0.25) is 5.91 Å². The van der Waals surface area contributed by atoms with Gasteiger partial charge in [0.05, 0.1) is 13.2 Å². The lowest BCUT2D eigenvalue weighted by Gasteiger charge is -2.13. The van der Waals surface area contributed by atoms with Crippen molar-refractivity contribution in [3.8, 4) is 0 Å². The molecule has 0 radical (unpaired) electrons. The molecule has 1 atom stereocenters. The maximum absolute atomic E-state index is 11.1. The van der Waals surface area contributed by atoms with Gasteiger partial charge in [-0.25, -0.2) is 0 Å². The second-order valence-corrected chi connectivity index (χ2v) is 3.18. The molecule has 0 bridgehead atoms. The molecule has 0 aliphatic carbocycles. The lowest BCUT2D eigenvalue weighted by atomic mass is 10.1. The molecule has 0 aromatic rings. The highest BCUT2D eigenvalue weighted by Crippen LogP contribution is 1.97. The van der Waals surface area contributed by atoms with Crippen molar-refractivity contribution in [3.05, 3.63) is 0 Å². The molecular weight excluding hydrogens is 216 g/mol. The largest absolute Gasteiger partial charge is 0.480 e. The second kappa shape index (κ2) is 9.08. The van der Waals surface area contributed by atoms with Gasteiger partial charge in [0.25, 0.3) is 0 Å². The van der Waals surface area contributed by atoms with E-state index in [1.807, 2.05) is 0 Å². The molecular formula is C9H18N2O5. The smallest absolute Gasteiger partial charge is 0.320 e. The summed E-state index contributed by atoms with van der Waals surface area (Å²) in [6, 6.07) is -0.841. The van der Waals surface area contributed by atoms with Gasteiger partial charge in [-0.05, 0) is 6.42 Å². The van der Waals surface area contributed by atoms with E-state index in [1.54, 1.807) is 0 Å². The molecule has 1 amide bonds. The van der Waals surface area contributed by atoms with Crippen LogP contribution in [0, 0.1) is 0 Å². The first kappa shape index (κ1) is 14.8. The molecule has 0 heterocycles. The van der Waals surface area contributed by atoms with Crippen LogP contribution in [0.4, 0.5) is 0 Å². The van der Waals surface area contributed by atoms with Gasteiger partial charge in [0, 0.05) is 19.5 Å². The number of rotatable bonds is 9. The minimum absolute atomic E-state index is 0.0649. The van der Waals surface area contributed by atoms with Gasteiger partial charge in [-0.1, -0.05) is 0 Å². The van der Waals surface area contributed by atoms with Gasteiger partial charge in [-0.15, -0.1) is 0 Å². The zero-order chi connectivity index (χ0) is 12.4. The topological polar surface area (TPSA) is 119 Å². The Labute approximate surface area is 93.5 Å². The number of carboxylic acid groups (broad SMARTS) is 1. The normalized spacial score (nSPS) is 12.1. The number of carbonyl (C=O) groups is 2. The van der Waals surface area contributed by atoms with Crippen molar-refractivity contribution in [2.24, 2.45) is 0 Å². The number of nitrogens with one attached hydrogen (secondary N) is 2. The molecule has 0 saturated heterocycles. The summed E-state index contributed by atoms with van der Waals surface area (Å²) in [6.07, 6.45) is 0.210. The second-order valence-electron chi connectivity index (χ2n) is 3.18. The van der Waals surface area contributed by atoms with Crippen LogP contribution in [-0.4, -0.2) is 59.5 Å². The zero-order valence-electron chi connectivity index (χ0n) is 8.98. The fourth-order valence-corrected chi connectivity index (χ4v) is 1.11. The lowest BCUT2D eigenvalue weighted by Crippen LogP contribution is -2.39. The molecule has 0 aliphatic heterocycles. The van der Waals surface area contributed by atoms with E-state index in [2.05, 4.69) is 10.6 Å². The monoisotopic (exact) mass is 234 g/mol. The fraction of sp³-hybridized carbons (Fsp3) is 0.778. The number of aliphatic hydroxyl groups excluding tert-OH is 2. The maximum Gasteiger partial charge on any atom is 0.320 e. The first-order chi connectivity index (χ1) is 7.61. The van der Waals surface area contributed by atoms with E-state index in [9.17, 15) is 9.59 Å². The molecule has 0 spiro atoms. The van der Waals surface area contributed by atoms with E-state index in [4.69, 9.17) is 15.3 Å². The van der Waals surface area contributed by atoms with Crippen LogP contribution in [0.25, 0.3) is 0 Å². The van der Waals surface area contributed by atoms with Gasteiger partial charge in [0.1, 0.15) is 6.04 Å². The zero-order valence-corrected chi connectivity index (χ0v) is 8.98. The molecule has 94 valence electrons. The fourth-order valence-electron chi connectivity index (χ4n) is 1.11. The summed E-state index contributed by atoms with van der Waals surface area (Å²) >= 11 is 0. The van der Waals surface area contributed by atoms with E-state index >= 15 is 0 Å². The molecule has 5 N–H and O–H groups in total. The molecule has 16 heavy (non-hydrogen) atoms. The van der Waals surface area contributed by atoms with Crippen molar-refractivity contribution < 1.29 is 24.9 Å². The molecule has 7 heteroatoms. The maximum atomic E-state index is 11.1. The van der Waals surface area contributed by atoms with Crippen LogP contribution in [-0.2, 0) is 9.59 Å². The van der Waals surface area contributed by atoms with E-state index in [-0.39, 0.29) is 45.1 Å². The number of hydrogen-bond donors (Lipinski definition) is 5. The van der Waals surface area contributed by atoms with Gasteiger partial charge in [-0.3, -0.25) is 9.59 Å². The predicted octanol–water partition coefficient (Wildman–Crippen LogP) is -2.09. The number of aliphatic hydroxyl groups is 2. The average Bonchev–Trinajstić information content (AvgIpc) is 2.25. The molecule has 0 unspecified atom stereocenters. The molecule has 7 nitrogen and oxygen atoms in total. The Morgan fingerprint density at radius 2 is 1.75 bits per heavy atom. The Morgan fingerprint density at radius 1 is 1.12 bits per heavy atom. The molecule has 0 aromatic carbocycles. The highest BCUT2D eigenvalue weighted by molar-refractivity contribution is 5.78. The van der Waals surface area contributed by atoms with Crippen molar-refractivity contribution in [3.63, 3.8) is 0 Å². The average molecular weight is 234 g/mol. The molecule has 0 aliphatic rings. The highest BCUT2D eigenvalue weighted by atomic mass is 16.4. The highest BCUT2D eigenvalue weighted by Gasteiger charge is 2.17. The number of carbonyl (C=O) groups excluding carboxylic acids is 1. The van der Waals surface area contributed by atoms with Crippen molar-refractivity contribution >= 4 is 11.9 Å². The van der Waals surface area contributed by atoms with Gasteiger partial charge < -0.3 is 26.0 Å². The first-order valence-corrected chi connectivity index (χ1v) is 5.06. The minimum atomic E-state index is -1.05. The van der Waals surface area contributed by atoms with Crippen LogP contribution in [0.2, 0.25) is 0 Å². The van der Waals surface area contributed by atoms with Crippen molar-refractivity contribution in [2.45, 2.75) is 18.9 Å². The Morgan fingerprint density at radius 3 is 2.25 bits per heavy atom. The summed E-state index contributed by atoms with van der Waals surface area (Å²) in [4.78, 5) is 21.8. The van der Waals surface area contributed by atoms with Crippen molar-refractivity contribution in [1.82, 2.24) is 10.6 Å². The van der Waals surface area contributed by atoms with Gasteiger partial charge in [0.15, 0.2) is 0 Å².